The van der Waals surface area contributed by atoms with E-state index < -0.39 is 11.6 Å². The van der Waals surface area contributed by atoms with E-state index in [9.17, 15) is 4.39 Å². The summed E-state index contributed by atoms with van der Waals surface area (Å²) in [5.74, 6) is 2.66. The van der Waals surface area contributed by atoms with E-state index in [1.807, 2.05) is 33.8 Å². The van der Waals surface area contributed by atoms with Crippen LogP contribution in [0.2, 0.25) is 0 Å². The van der Waals surface area contributed by atoms with Gasteiger partial charge in [-0.3, -0.25) is 0 Å². The van der Waals surface area contributed by atoms with Gasteiger partial charge in [0.05, 0.1) is 17.8 Å². The number of aryl methyl sites for hydroxylation is 1. The number of nitrogens with zero attached hydrogens (tertiary/aromatic N) is 4. The molecule has 0 fully saturated rings. The second-order valence-corrected chi connectivity index (χ2v) is 13.7. The van der Waals surface area contributed by atoms with Crippen molar-refractivity contribution < 1.29 is 23.0 Å². The molecule has 1 aliphatic heterocycles. The molecule has 0 radical (unpaired) electrons. The highest BCUT2D eigenvalue weighted by atomic mass is 19.1. The van der Waals surface area contributed by atoms with E-state index in [0.29, 0.717) is 40.7 Å². The number of fused-ring (bicyclic) bond motifs is 2. The van der Waals surface area contributed by atoms with Crippen LogP contribution in [0.15, 0.2) is 72.6 Å². The van der Waals surface area contributed by atoms with Crippen LogP contribution in [0.1, 0.15) is 134 Å². The molecular formula is C47H73F2N5O3. The Morgan fingerprint density at radius 3 is 2.30 bits per heavy atom. The normalized spacial score (nSPS) is 13.8. The maximum atomic E-state index is 15.4. The molecule has 0 bridgehead atoms. The van der Waals surface area contributed by atoms with Crippen LogP contribution in [-0.4, -0.2) is 40.9 Å². The third-order valence-electron chi connectivity index (χ3n) is 8.27. The molecule has 0 aliphatic carbocycles. The van der Waals surface area contributed by atoms with Gasteiger partial charge in [0.2, 0.25) is 0 Å². The molecule has 2 aromatic heterocycles. The van der Waals surface area contributed by atoms with Gasteiger partial charge in [-0.05, 0) is 76.7 Å². The molecule has 1 aliphatic rings. The summed E-state index contributed by atoms with van der Waals surface area (Å²) in [6.45, 7) is 28.5. The molecule has 1 N–H and O–H groups in total. The van der Waals surface area contributed by atoms with Crippen LogP contribution < -0.4 is 19.7 Å². The minimum atomic E-state index is -0.543. The number of ether oxygens (including phenoxy) is 2. The number of hydrogen-bond donors (Lipinski definition) is 1. The average molecular weight is 794 g/mol. The molecule has 10 heteroatoms. The predicted octanol–water partition coefficient (Wildman–Crippen LogP) is 14.0. The summed E-state index contributed by atoms with van der Waals surface area (Å²) < 4.78 is 41.6. The summed E-state index contributed by atoms with van der Waals surface area (Å²) in [6, 6.07) is 4.81. The quantitative estimate of drug-likeness (QED) is 0.0567. The van der Waals surface area contributed by atoms with Crippen molar-refractivity contribution >= 4 is 34.6 Å². The number of carbonyl (C=O) groups excluding carboxylic acids is 1. The van der Waals surface area contributed by atoms with E-state index in [4.69, 9.17) is 19.3 Å². The number of nitrogens with one attached hydrogen (secondary N) is 1. The van der Waals surface area contributed by atoms with E-state index in [1.165, 1.54) is 37.9 Å². The Labute approximate surface area is 344 Å². The molecule has 0 amide bonds. The van der Waals surface area contributed by atoms with Crippen molar-refractivity contribution in [3.05, 3.63) is 83.9 Å². The second kappa shape index (κ2) is 31.5. The van der Waals surface area contributed by atoms with E-state index in [1.54, 1.807) is 32.1 Å². The standard InChI is InChI=1S/C33H41F2N5O2.C5H12.C5H10.C2H4O.C2H6/c1-6-9-11-13-24(34)16-25(8-3)42-29-17-26(35)27(15-23(29)5)38-32-31-28(36-21-37-32)18-30-33(39-31)40(14-12-10-7-2)19-22(4)20-41-30;1-4-5(2)3;1-3-5-4-2;1-2-3;1-2/h8,11,13,15-18,21-22H,6-7,9-10,12,14,19-20H2,1-5H3,(H,36,37,38);5H,4H2,1-3H3;3,5H,4H2,1-2H3;2H,1H3;1-2H3/b13-11+,24-16+,25-8+;;5-3+;;. The molecular weight excluding hydrogens is 721 g/mol. The van der Waals surface area contributed by atoms with Crippen LogP contribution in [0.4, 0.5) is 26.1 Å². The Balaban J connectivity index is 0.00000180. The van der Waals surface area contributed by atoms with Gasteiger partial charge in [0.25, 0.3) is 0 Å². The number of allylic oxidation sites excluding steroid dienone is 7. The van der Waals surface area contributed by atoms with E-state index in [-0.39, 0.29) is 17.2 Å². The highest BCUT2D eigenvalue weighted by Gasteiger charge is 2.24. The van der Waals surface area contributed by atoms with Crippen molar-refractivity contribution in [2.75, 3.05) is 29.9 Å². The first-order valence-corrected chi connectivity index (χ1v) is 20.9. The molecule has 57 heavy (non-hydrogen) atoms. The number of halogens is 2. The first-order chi connectivity index (χ1) is 27.4. The summed E-state index contributed by atoms with van der Waals surface area (Å²) in [4.78, 5) is 24.8. The zero-order valence-corrected chi connectivity index (χ0v) is 37.3. The number of pyridine rings is 1. The SMILES string of the molecule is C/C=C/CC.CC.CC=O.CCC(C)C.C\C=C(/C=C(F)\C=C\CCC)Oc1cc(F)c(Nc2ncnc3cc4c(nc23)N(CCCCC)CC(C)CO4)cc1C. The molecule has 1 atom stereocenters. The van der Waals surface area contributed by atoms with Gasteiger partial charge in [-0.25, -0.2) is 23.7 Å². The highest BCUT2D eigenvalue weighted by molar-refractivity contribution is 5.90. The van der Waals surface area contributed by atoms with Crippen LogP contribution >= 0.6 is 0 Å². The van der Waals surface area contributed by atoms with E-state index in [2.05, 4.69) is 73.9 Å². The second-order valence-electron chi connectivity index (χ2n) is 13.7. The monoisotopic (exact) mass is 794 g/mol. The van der Waals surface area contributed by atoms with Crippen molar-refractivity contribution in [1.29, 1.82) is 0 Å². The van der Waals surface area contributed by atoms with Crippen LogP contribution in [-0.2, 0) is 4.79 Å². The van der Waals surface area contributed by atoms with E-state index in [0.717, 1.165) is 69.6 Å². The Kier molecular flexibility index (Phi) is 28.9. The number of rotatable bonds is 14. The zero-order chi connectivity index (χ0) is 43.2. The number of aromatic nitrogens is 3. The fraction of sp³-hybridized carbons (Fsp3) is 0.532. The third kappa shape index (κ3) is 20.4. The van der Waals surface area contributed by atoms with Crippen molar-refractivity contribution in [3.63, 3.8) is 0 Å². The maximum absolute atomic E-state index is 15.4. The fourth-order valence-electron chi connectivity index (χ4n) is 4.96. The van der Waals surface area contributed by atoms with Gasteiger partial charge in [0.15, 0.2) is 17.4 Å². The minimum absolute atomic E-state index is 0.215. The smallest absolute Gasteiger partial charge is 0.172 e. The van der Waals surface area contributed by atoms with Crippen LogP contribution in [0, 0.1) is 24.6 Å². The van der Waals surface area contributed by atoms with Crippen molar-refractivity contribution in [2.24, 2.45) is 11.8 Å². The van der Waals surface area contributed by atoms with Crippen molar-refractivity contribution in [1.82, 2.24) is 15.0 Å². The Morgan fingerprint density at radius 2 is 1.74 bits per heavy atom. The number of unbranched alkanes of at least 4 members (excludes halogenated alkanes) is 3. The molecule has 0 spiro atoms. The lowest BCUT2D eigenvalue weighted by Crippen LogP contribution is -2.30. The molecule has 4 rings (SSSR count). The van der Waals surface area contributed by atoms with Crippen molar-refractivity contribution in [2.45, 2.75) is 135 Å². The number of anilines is 3. The third-order valence-corrected chi connectivity index (χ3v) is 8.27. The molecule has 3 heterocycles. The maximum Gasteiger partial charge on any atom is 0.172 e. The molecule has 3 aromatic rings. The summed E-state index contributed by atoms with van der Waals surface area (Å²) >= 11 is 0. The Hall–Kier alpha value is -4.60. The van der Waals surface area contributed by atoms with Gasteiger partial charge in [0, 0.05) is 37.2 Å². The number of aldehydes is 1. The molecule has 8 nitrogen and oxygen atoms in total. The lowest BCUT2D eigenvalue weighted by Gasteiger charge is -2.24. The first-order valence-electron chi connectivity index (χ1n) is 20.9. The molecule has 318 valence electrons. The summed E-state index contributed by atoms with van der Waals surface area (Å²) in [7, 11) is 0. The summed E-state index contributed by atoms with van der Waals surface area (Å²) in [5, 5.41) is 3.11. The van der Waals surface area contributed by atoms with E-state index >= 15 is 4.39 Å². The molecule has 0 saturated heterocycles. The molecule has 1 unspecified atom stereocenters. The van der Waals surface area contributed by atoms with Crippen LogP contribution in [0.3, 0.4) is 0 Å². The predicted molar refractivity (Wildman–Crippen MR) is 239 cm³/mol. The van der Waals surface area contributed by atoms with Crippen molar-refractivity contribution in [3.8, 4) is 11.5 Å². The van der Waals surface area contributed by atoms with Gasteiger partial charge in [0.1, 0.15) is 41.3 Å². The molecule has 1 aromatic carbocycles. The zero-order valence-electron chi connectivity index (χ0n) is 37.3. The highest BCUT2D eigenvalue weighted by Crippen LogP contribution is 2.36. The topological polar surface area (TPSA) is 89.5 Å². The number of hydrogen-bond acceptors (Lipinski definition) is 8. The summed E-state index contributed by atoms with van der Waals surface area (Å²) in [5.41, 5.74) is 2.01. The van der Waals surface area contributed by atoms with Gasteiger partial charge in [-0.15, -0.1) is 0 Å². The first kappa shape index (κ1) is 52.4. The van der Waals surface area contributed by atoms with Gasteiger partial charge in [-0.2, -0.15) is 0 Å². The Bertz CT molecular complexity index is 1690. The Morgan fingerprint density at radius 1 is 1.05 bits per heavy atom. The lowest BCUT2D eigenvalue weighted by atomic mass is 10.1. The lowest BCUT2D eigenvalue weighted by molar-refractivity contribution is -0.106. The number of carbonyl (C=O) groups is 1. The van der Waals surface area contributed by atoms with Crippen LogP contribution in [0.25, 0.3) is 11.0 Å². The van der Waals surface area contributed by atoms with Gasteiger partial charge in [-0.1, -0.05) is 106 Å². The molecule has 0 saturated carbocycles. The van der Waals surface area contributed by atoms with Crippen LogP contribution in [0.5, 0.6) is 11.5 Å². The largest absolute Gasteiger partial charge is 0.489 e. The average Bonchev–Trinajstić information content (AvgIpc) is 3.35. The summed E-state index contributed by atoms with van der Waals surface area (Å²) in [6.07, 6.45) is 20.0. The van der Waals surface area contributed by atoms with Gasteiger partial charge < -0.3 is 24.5 Å². The number of benzene rings is 1. The minimum Gasteiger partial charge on any atom is -0.489 e. The fourth-order valence-corrected chi connectivity index (χ4v) is 4.96. The van der Waals surface area contributed by atoms with Gasteiger partial charge >= 0.3 is 0 Å².